The van der Waals surface area contributed by atoms with Gasteiger partial charge in [-0.25, -0.2) is 4.68 Å². The maximum Gasteiger partial charge on any atom is 0.147 e. The van der Waals surface area contributed by atoms with Gasteiger partial charge < -0.3 is 9.88 Å². The number of likely N-dealkylation sites (tertiary alicyclic amines) is 1. The summed E-state index contributed by atoms with van der Waals surface area (Å²) in [7, 11) is 0. The van der Waals surface area contributed by atoms with Crippen LogP contribution in [-0.2, 0) is 19.6 Å². The van der Waals surface area contributed by atoms with Gasteiger partial charge >= 0.3 is 0 Å². The van der Waals surface area contributed by atoms with E-state index >= 15 is 0 Å². The van der Waals surface area contributed by atoms with Crippen molar-refractivity contribution in [2.45, 2.75) is 38.4 Å². The maximum atomic E-state index is 4.52. The Morgan fingerprint density at radius 3 is 2.70 bits per heavy atom. The van der Waals surface area contributed by atoms with Gasteiger partial charge in [-0.05, 0) is 44.1 Å². The summed E-state index contributed by atoms with van der Waals surface area (Å²) in [5.74, 6) is 2.81. The lowest BCUT2D eigenvalue weighted by molar-refractivity contribution is 0.196. The highest BCUT2D eigenvalue weighted by atomic mass is 15.3. The van der Waals surface area contributed by atoms with Crippen molar-refractivity contribution in [3.05, 3.63) is 59.9 Å². The van der Waals surface area contributed by atoms with Gasteiger partial charge in [0.15, 0.2) is 0 Å². The third-order valence-electron chi connectivity index (χ3n) is 5.71. The molecule has 0 saturated carbocycles. The molecule has 0 atom stereocenters. The van der Waals surface area contributed by atoms with Crippen LogP contribution in [-0.4, -0.2) is 49.1 Å². The minimum absolute atomic E-state index is 0.527. The van der Waals surface area contributed by atoms with E-state index in [0.29, 0.717) is 5.92 Å². The molecule has 2 aliphatic heterocycles. The molecule has 4 heterocycles. The minimum atomic E-state index is 0.527. The van der Waals surface area contributed by atoms with E-state index in [1.54, 1.807) is 0 Å². The zero-order chi connectivity index (χ0) is 18.1. The zero-order valence-electron chi connectivity index (χ0n) is 15.5. The number of rotatable bonds is 4. The number of fused-ring (bicyclic) bond motifs is 1. The van der Waals surface area contributed by atoms with Crippen LogP contribution in [0.2, 0.25) is 0 Å². The molecule has 1 saturated heterocycles. The van der Waals surface area contributed by atoms with Crippen molar-refractivity contribution in [2.75, 3.05) is 19.6 Å². The van der Waals surface area contributed by atoms with E-state index in [-0.39, 0.29) is 0 Å². The number of aromatic nitrogens is 5. The summed E-state index contributed by atoms with van der Waals surface area (Å²) in [6, 6.07) is 12.5. The fourth-order valence-corrected chi connectivity index (χ4v) is 4.25. The Morgan fingerprint density at radius 1 is 1.00 bits per heavy atom. The second kappa shape index (κ2) is 7.25. The van der Waals surface area contributed by atoms with Crippen LogP contribution in [0.3, 0.4) is 0 Å². The largest absolute Gasteiger partial charge is 0.312 e. The monoisotopic (exact) mass is 363 g/mol. The van der Waals surface area contributed by atoms with E-state index in [2.05, 4.69) is 60.4 Å². The smallest absolute Gasteiger partial charge is 0.147 e. The van der Waals surface area contributed by atoms with Crippen LogP contribution in [0, 0.1) is 0 Å². The quantitative estimate of drug-likeness (QED) is 0.768. The lowest BCUT2D eigenvalue weighted by atomic mass is 9.95. The Kier molecular flexibility index (Phi) is 4.47. The van der Waals surface area contributed by atoms with E-state index in [1.165, 1.54) is 11.5 Å². The molecule has 5 rings (SSSR count). The normalized spacial score (nSPS) is 18.5. The summed E-state index contributed by atoms with van der Waals surface area (Å²) in [5.41, 5.74) is 2.36. The molecule has 1 aromatic carbocycles. The molecule has 3 aromatic rings. The van der Waals surface area contributed by atoms with Crippen LogP contribution in [0.4, 0.5) is 0 Å². The molecular weight excluding hydrogens is 338 g/mol. The van der Waals surface area contributed by atoms with Crippen LogP contribution < -0.4 is 5.32 Å². The van der Waals surface area contributed by atoms with Crippen molar-refractivity contribution >= 4 is 0 Å². The third kappa shape index (κ3) is 3.28. The Labute approximate surface area is 159 Å². The van der Waals surface area contributed by atoms with Crippen LogP contribution in [0.25, 0.3) is 5.69 Å². The Balaban J connectivity index is 1.25. The van der Waals surface area contributed by atoms with Gasteiger partial charge in [-0.15, -0.1) is 10.2 Å². The molecule has 0 bridgehead atoms. The van der Waals surface area contributed by atoms with Gasteiger partial charge in [0.2, 0.25) is 0 Å². The predicted molar refractivity (Wildman–Crippen MR) is 103 cm³/mol. The molecule has 140 valence electrons. The number of hydrogen-bond donors (Lipinski definition) is 1. The first kappa shape index (κ1) is 16.6. The molecule has 7 nitrogen and oxygen atoms in total. The van der Waals surface area contributed by atoms with Crippen LogP contribution >= 0.6 is 0 Å². The fourth-order valence-electron chi connectivity index (χ4n) is 4.25. The molecule has 0 amide bonds. The maximum absolute atomic E-state index is 4.52. The zero-order valence-corrected chi connectivity index (χ0v) is 15.5. The molecular formula is C20H25N7. The second-order valence-corrected chi connectivity index (χ2v) is 7.42. The van der Waals surface area contributed by atoms with E-state index in [9.17, 15) is 0 Å². The molecule has 1 fully saturated rings. The first-order valence-corrected chi connectivity index (χ1v) is 9.82. The van der Waals surface area contributed by atoms with Crippen molar-refractivity contribution in [3.63, 3.8) is 0 Å². The average Bonchev–Trinajstić information content (AvgIpc) is 3.36. The molecule has 2 aromatic heterocycles. The minimum Gasteiger partial charge on any atom is -0.312 e. The van der Waals surface area contributed by atoms with Crippen molar-refractivity contribution < 1.29 is 0 Å². The van der Waals surface area contributed by atoms with Crippen LogP contribution in [0.1, 0.15) is 36.1 Å². The van der Waals surface area contributed by atoms with Gasteiger partial charge in [-0.1, -0.05) is 18.2 Å². The first-order chi connectivity index (χ1) is 13.4. The SMILES string of the molecule is c1ccc(-n2nccc2CN2CCC(c3nnc4n3CCNC4)CC2)cc1. The summed E-state index contributed by atoms with van der Waals surface area (Å²) in [6.07, 6.45) is 4.18. The molecule has 27 heavy (non-hydrogen) atoms. The van der Waals surface area contributed by atoms with Crippen molar-refractivity contribution in [1.29, 1.82) is 0 Å². The Bertz CT molecular complexity index is 890. The molecule has 0 spiro atoms. The van der Waals surface area contributed by atoms with E-state index < -0.39 is 0 Å². The topological polar surface area (TPSA) is 63.8 Å². The summed E-state index contributed by atoms with van der Waals surface area (Å²) in [4.78, 5) is 2.53. The molecule has 7 heteroatoms. The van der Waals surface area contributed by atoms with Gasteiger partial charge in [0.25, 0.3) is 0 Å². The fraction of sp³-hybridized carbons (Fsp3) is 0.450. The third-order valence-corrected chi connectivity index (χ3v) is 5.71. The van der Waals surface area contributed by atoms with Gasteiger partial charge in [-0.3, -0.25) is 4.90 Å². The lowest BCUT2D eigenvalue weighted by Gasteiger charge is -2.32. The first-order valence-electron chi connectivity index (χ1n) is 9.82. The van der Waals surface area contributed by atoms with E-state index in [0.717, 1.165) is 63.6 Å². The van der Waals surface area contributed by atoms with Gasteiger partial charge in [0.05, 0.1) is 17.9 Å². The number of hydrogen-bond acceptors (Lipinski definition) is 5. The second-order valence-electron chi connectivity index (χ2n) is 7.42. The number of benzene rings is 1. The number of piperidine rings is 1. The van der Waals surface area contributed by atoms with Crippen molar-refractivity contribution in [1.82, 2.24) is 34.8 Å². The van der Waals surface area contributed by atoms with E-state index in [1.807, 2.05) is 16.9 Å². The summed E-state index contributed by atoms with van der Waals surface area (Å²) in [6.45, 7) is 5.96. The van der Waals surface area contributed by atoms with Gasteiger partial charge in [0, 0.05) is 31.7 Å². The molecule has 0 radical (unpaired) electrons. The Morgan fingerprint density at radius 2 is 1.85 bits per heavy atom. The molecule has 0 unspecified atom stereocenters. The van der Waals surface area contributed by atoms with Crippen molar-refractivity contribution in [3.8, 4) is 5.69 Å². The predicted octanol–water partition coefficient (Wildman–Crippen LogP) is 1.95. The number of nitrogens with one attached hydrogen (secondary N) is 1. The summed E-state index contributed by atoms with van der Waals surface area (Å²) < 4.78 is 4.38. The highest BCUT2D eigenvalue weighted by molar-refractivity contribution is 5.32. The van der Waals surface area contributed by atoms with Crippen LogP contribution in [0.5, 0.6) is 0 Å². The lowest BCUT2D eigenvalue weighted by Crippen LogP contribution is -2.35. The van der Waals surface area contributed by atoms with Crippen molar-refractivity contribution in [2.24, 2.45) is 0 Å². The Hall–Kier alpha value is -2.51. The standard InChI is InChI=1S/C20H25N7/c1-2-4-17(5-3-1)27-18(6-9-22-27)15-25-11-7-16(8-12-25)20-24-23-19-14-21-10-13-26(19)20/h1-6,9,16,21H,7-8,10-15H2. The highest BCUT2D eigenvalue weighted by Gasteiger charge is 2.27. The van der Waals surface area contributed by atoms with Gasteiger partial charge in [0.1, 0.15) is 11.6 Å². The number of para-hydroxylation sites is 1. The van der Waals surface area contributed by atoms with E-state index in [4.69, 9.17) is 0 Å². The highest BCUT2D eigenvalue weighted by Crippen LogP contribution is 2.28. The van der Waals surface area contributed by atoms with Crippen LogP contribution in [0.15, 0.2) is 42.6 Å². The average molecular weight is 363 g/mol. The van der Waals surface area contributed by atoms with Gasteiger partial charge in [-0.2, -0.15) is 5.10 Å². The summed E-state index contributed by atoms with van der Waals surface area (Å²) in [5, 5.41) is 16.8. The summed E-state index contributed by atoms with van der Waals surface area (Å²) >= 11 is 0. The molecule has 1 N–H and O–H groups in total. The number of nitrogens with zero attached hydrogens (tertiary/aromatic N) is 6. The molecule has 0 aliphatic carbocycles. The molecule has 2 aliphatic rings.